The van der Waals surface area contributed by atoms with Crippen molar-refractivity contribution in [3.05, 3.63) is 35.4 Å². The van der Waals surface area contributed by atoms with E-state index in [1.807, 2.05) is 0 Å². The fraction of sp³-hybridized carbons (Fsp3) is 0.667. The molecule has 110 valence electrons. The molecule has 0 amide bonds. The zero-order valence-electron chi connectivity index (χ0n) is 12.6. The van der Waals surface area contributed by atoms with Gasteiger partial charge in [0.1, 0.15) is 0 Å². The van der Waals surface area contributed by atoms with Gasteiger partial charge in [-0.05, 0) is 62.1 Å². The first-order valence-corrected chi connectivity index (χ1v) is 8.31. The van der Waals surface area contributed by atoms with Crippen molar-refractivity contribution >= 4 is 0 Å². The van der Waals surface area contributed by atoms with Gasteiger partial charge in [-0.25, -0.2) is 0 Å². The molecule has 2 aliphatic rings. The van der Waals surface area contributed by atoms with Gasteiger partial charge in [0, 0.05) is 12.6 Å². The molecular weight excluding hydrogens is 246 g/mol. The third-order valence-electron chi connectivity index (χ3n) is 4.91. The summed E-state index contributed by atoms with van der Waals surface area (Å²) in [6.07, 6.45) is 8.06. The minimum Gasteiger partial charge on any atom is -0.377 e. The number of hydrogen-bond donors (Lipinski definition) is 1. The SMILES string of the molecule is CCNC(CC1CCCc2ccccc21)C1CCCO1. The van der Waals surface area contributed by atoms with E-state index in [1.165, 1.54) is 38.5 Å². The van der Waals surface area contributed by atoms with E-state index in [2.05, 4.69) is 36.5 Å². The fourth-order valence-corrected chi connectivity index (χ4v) is 3.95. The van der Waals surface area contributed by atoms with Gasteiger partial charge in [-0.1, -0.05) is 31.2 Å². The van der Waals surface area contributed by atoms with Gasteiger partial charge in [-0.15, -0.1) is 0 Å². The van der Waals surface area contributed by atoms with Crippen LogP contribution >= 0.6 is 0 Å². The fourth-order valence-electron chi connectivity index (χ4n) is 3.95. The van der Waals surface area contributed by atoms with E-state index in [1.54, 1.807) is 11.1 Å². The Balaban J connectivity index is 1.72. The Morgan fingerprint density at radius 2 is 2.15 bits per heavy atom. The zero-order chi connectivity index (χ0) is 13.8. The lowest BCUT2D eigenvalue weighted by atomic mass is 9.78. The normalized spacial score (nSPS) is 27.2. The Hall–Kier alpha value is -0.860. The number of likely N-dealkylation sites (N-methyl/N-ethyl adjacent to an activating group) is 1. The van der Waals surface area contributed by atoms with E-state index in [0.29, 0.717) is 18.1 Å². The van der Waals surface area contributed by atoms with Gasteiger partial charge >= 0.3 is 0 Å². The molecule has 0 bridgehead atoms. The summed E-state index contributed by atoms with van der Waals surface area (Å²) in [5.74, 6) is 0.716. The van der Waals surface area contributed by atoms with E-state index in [9.17, 15) is 0 Å². The third kappa shape index (κ3) is 3.07. The Bertz CT molecular complexity index is 425. The molecule has 3 rings (SSSR count). The number of aryl methyl sites for hydroxylation is 1. The van der Waals surface area contributed by atoms with Gasteiger partial charge in [0.25, 0.3) is 0 Å². The maximum Gasteiger partial charge on any atom is 0.0729 e. The van der Waals surface area contributed by atoms with Crippen LogP contribution in [-0.2, 0) is 11.2 Å². The van der Waals surface area contributed by atoms with Crippen LogP contribution in [0, 0.1) is 0 Å². The van der Waals surface area contributed by atoms with Gasteiger partial charge in [0.2, 0.25) is 0 Å². The molecule has 0 spiro atoms. The van der Waals surface area contributed by atoms with Crippen molar-refractivity contribution in [3.8, 4) is 0 Å². The number of fused-ring (bicyclic) bond motifs is 1. The van der Waals surface area contributed by atoms with Gasteiger partial charge < -0.3 is 10.1 Å². The molecule has 1 aliphatic heterocycles. The molecule has 1 fully saturated rings. The van der Waals surface area contributed by atoms with Crippen molar-refractivity contribution < 1.29 is 4.74 Å². The van der Waals surface area contributed by atoms with Gasteiger partial charge in [0.05, 0.1) is 6.10 Å². The van der Waals surface area contributed by atoms with Crippen molar-refractivity contribution in [2.75, 3.05) is 13.2 Å². The molecule has 1 aliphatic carbocycles. The summed E-state index contributed by atoms with van der Waals surface area (Å²) in [5, 5.41) is 3.68. The van der Waals surface area contributed by atoms with Gasteiger partial charge in [-0.2, -0.15) is 0 Å². The highest BCUT2D eigenvalue weighted by Gasteiger charge is 2.29. The molecule has 0 radical (unpaired) electrons. The van der Waals surface area contributed by atoms with Gasteiger partial charge in [-0.3, -0.25) is 0 Å². The molecule has 1 heterocycles. The maximum absolute atomic E-state index is 5.93. The molecule has 1 saturated heterocycles. The smallest absolute Gasteiger partial charge is 0.0729 e. The van der Waals surface area contributed by atoms with Crippen molar-refractivity contribution in [2.24, 2.45) is 0 Å². The number of benzene rings is 1. The van der Waals surface area contributed by atoms with Crippen LogP contribution < -0.4 is 5.32 Å². The first kappa shape index (κ1) is 14.1. The van der Waals surface area contributed by atoms with Crippen LogP contribution in [0.15, 0.2) is 24.3 Å². The minimum atomic E-state index is 0.434. The topological polar surface area (TPSA) is 21.3 Å². The molecular formula is C18H27NO. The first-order chi connectivity index (χ1) is 9.88. The third-order valence-corrected chi connectivity index (χ3v) is 4.91. The second-order valence-electron chi connectivity index (χ2n) is 6.24. The van der Waals surface area contributed by atoms with Crippen molar-refractivity contribution in [1.29, 1.82) is 0 Å². The van der Waals surface area contributed by atoms with Gasteiger partial charge in [0.15, 0.2) is 0 Å². The summed E-state index contributed by atoms with van der Waals surface area (Å²) in [5.41, 5.74) is 3.17. The van der Waals surface area contributed by atoms with E-state index < -0.39 is 0 Å². The Kier molecular flexibility index (Phi) is 4.74. The van der Waals surface area contributed by atoms with Crippen molar-refractivity contribution in [2.45, 2.75) is 63.5 Å². The lowest BCUT2D eigenvalue weighted by Crippen LogP contribution is -2.41. The second kappa shape index (κ2) is 6.73. The monoisotopic (exact) mass is 273 g/mol. The van der Waals surface area contributed by atoms with Crippen LogP contribution in [0.5, 0.6) is 0 Å². The van der Waals surface area contributed by atoms with E-state index >= 15 is 0 Å². The summed E-state index contributed by atoms with van der Waals surface area (Å²) in [6, 6.07) is 9.57. The predicted octanol–water partition coefficient (Wildman–Crippen LogP) is 3.65. The molecule has 1 N–H and O–H groups in total. The van der Waals surface area contributed by atoms with Crippen LogP contribution in [-0.4, -0.2) is 25.3 Å². The molecule has 1 aromatic rings. The predicted molar refractivity (Wildman–Crippen MR) is 83.2 cm³/mol. The highest BCUT2D eigenvalue weighted by atomic mass is 16.5. The number of nitrogens with one attached hydrogen (secondary N) is 1. The lowest BCUT2D eigenvalue weighted by Gasteiger charge is -2.31. The Morgan fingerprint density at radius 1 is 1.25 bits per heavy atom. The summed E-state index contributed by atoms with van der Waals surface area (Å²) in [6.45, 7) is 4.20. The molecule has 0 saturated carbocycles. The number of hydrogen-bond acceptors (Lipinski definition) is 2. The van der Waals surface area contributed by atoms with Crippen LogP contribution in [0.4, 0.5) is 0 Å². The van der Waals surface area contributed by atoms with Crippen LogP contribution in [0.2, 0.25) is 0 Å². The summed E-state index contributed by atoms with van der Waals surface area (Å²) < 4.78 is 5.93. The second-order valence-corrected chi connectivity index (χ2v) is 6.24. The molecule has 1 aromatic carbocycles. The first-order valence-electron chi connectivity index (χ1n) is 8.31. The quantitative estimate of drug-likeness (QED) is 0.884. The molecule has 3 unspecified atom stereocenters. The number of ether oxygens (including phenoxy) is 1. The molecule has 3 atom stereocenters. The highest BCUT2D eigenvalue weighted by Crippen LogP contribution is 2.36. The average molecular weight is 273 g/mol. The average Bonchev–Trinajstić information content (AvgIpc) is 3.01. The van der Waals surface area contributed by atoms with Crippen molar-refractivity contribution in [3.63, 3.8) is 0 Å². The molecule has 2 nitrogen and oxygen atoms in total. The van der Waals surface area contributed by atoms with Crippen molar-refractivity contribution in [1.82, 2.24) is 5.32 Å². The summed E-state index contributed by atoms with van der Waals surface area (Å²) in [7, 11) is 0. The van der Waals surface area contributed by atoms with Crippen LogP contribution in [0.1, 0.15) is 56.1 Å². The number of rotatable bonds is 5. The van der Waals surface area contributed by atoms with Crippen LogP contribution in [0.3, 0.4) is 0 Å². The Morgan fingerprint density at radius 3 is 2.95 bits per heavy atom. The lowest BCUT2D eigenvalue weighted by molar-refractivity contribution is 0.0730. The Labute approximate surface area is 122 Å². The summed E-state index contributed by atoms with van der Waals surface area (Å²) in [4.78, 5) is 0. The maximum atomic E-state index is 5.93. The summed E-state index contributed by atoms with van der Waals surface area (Å²) >= 11 is 0. The zero-order valence-corrected chi connectivity index (χ0v) is 12.6. The van der Waals surface area contributed by atoms with Crippen LogP contribution in [0.25, 0.3) is 0 Å². The van der Waals surface area contributed by atoms with E-state index in [-0.39, 0.29) is 0 Å². The highest BCUT2D eigenvalue weighted by molar-refractivity contribution is 5.32. The standard InChI is InChI=1S/C18H27NO/c1-2-19-17(18-11-6-12-20-18)13-15-9-5-8-14-7-3-4-10-16(14)15/h3-4,7,10,15,17-19H,2,5-6,8-9,11-13H2,1H3. The van der Waals surface area contributed by atoms with E-state index in [4.69, 9.17) is 4.74 Å². The van der Waals surface area contributed by atoms with E-state index in [0.717, 1.165) is 13.2 Å². The minimum absolute atomic E-state index is 0.434. The molecule has 0 aromatic heterocycles. The molecule has 2 heteroatoms. The largest absolute Gasteiger partial charge is 0.377 e. The molecule has 20 heavy (non-hydrogen) atoms.